The maximum atomic E-state index is 13.3. The van der Waals surface area contributed by atoms with Crippen molar-refractivity contribution in [2.24, 2.45) is 0 Å². The van der Waals surface area contributed by atoms with Crippen LogP contribution in [0, 0.1) is 18.6 Å². The van der Waals surface area contributed by atoms with Gasteiger partial charge in [0.25, 0.3) is 0 Å². The Bertz CT molecular complexity index is 784. The van der Waals surface area contributed by atoms with E-state index in [0.717, 1.165) is 17.7 Å². The van der Waals surface area contributed by atoms with E-state index in [0.29, 0.717) is 22.0 Å². The van der Waals surface area contributed by atoms with E-state index < -0.39 is 11.6 Å². The van der Waals surface area contributed by atoms with Crippen molar-refractivity contribution in [3.63, 3.8) is 0 Å². The minimum atomic E-state index is -0.919. The smallest absolute Gasteiger partial charge is 0.238 e. The zero-order valence-electron chi connectivity index (χ0n) is 14.1. The molecule has 2 aromatic rings. The number of halogens is 3. The third-order valence-electron chi connectivity index (χ3n) is 3.77. The number of carbonyl (C=O) groups is 1. The van der Waals surface area contributed by atoms with Gasteiger partial charge in [0.1, 0.15) is 5.75 Å². The number of rotatable bonds is 6. The van der Waals surface area contributed by atoms with Gasteiger partial charge in [0.05, 0.1) is 19.3 Å². The van der Waals surface area contributed by atoms with Gasteiger partial charge in [-0.15, -0.1) is 0 Å². The van der Waals surface area contributed by atoms with Crippen molar-refractivity contribution in [3.05, 3.63) is 58.1 Å². The fourth-order valence-electron chi connectivity index (χ4n) is 2.27. The largest absolute Gasteiger partial charge is 0.495 e. The molecule has 0 heterocycles. The minimum absolute atomic E-state index is 0.00894. The average molecular weight is 369 g/mol. The highest BCUT2D eigenvalue weighted by atomic mass is 35.5. The molecule has 7 heteroatoms. The van der Waals surface area contributed by atoms with Gasteiger partial charge in [0.15, 0.2) is 11.6 Å². The van der Waals surface area contributed by atoms with Crippen LogP contribution < -0.4 is 15.4 Å². The number of benzene rings is 2. The molecule has 0 aliphatic carbocycles. The summed E-state index contributed by atoms with van der Waals surface area (Å²) in [4.78, 5) is 12.1. The lowest BCUT2D eigenvalue weighted by atomic mass is 10.1. The van der Waals surface area contributed by atoms with Crippen LogP contribution in [0.5, 0.6) is 5.75 Å². The van der Waals surface area contributed by atoms with Gasteiger partial charge in [0, 0.05) is 17.1 Å². The summed E-state index contributed by atoms with van der Waals surface area (Å²) < 4.78 is 31.4. The Hall–Kier alpha value is -2.18. The molecule has 0 spiro atoms. The normalized spacial score (nSPS) is 11.9. The molecule has 0 aliphatic rings. The van der Waals surface area contributed by atoms with Gasteiger partial charge < -0.3 is 15.4 Å². The van der Waals surface area contributed by atoms with Crippen LogP contribution in [0.4, 0.5) is 14.5 Å². The number of hydrogen-bond donors (Lipinski definition) is 2. The standard InChI is InChI=1S/C18H19ClF2N2O2/c1-10-6-16(17(25-3)8-13(10)19)23-18(24)9-22-11(2)12-4-5-14(20)15(21)7-12/h4-8,11,22H,9H2,1-3H3,(H,23,24)/t11-/m0/s1. The molecular weight excluding hydrogens is 350 g/mol. The van der Waals surface area contributed by atoms with Crippen LogP contribution in [0.25, 0.3) is 0 Å². The van der Waals surface area contributed by atoms with E-state index in [1.807, 2.05) is 6.92 Å². The molecule has 0 aliphatic heterocycles. The molecule has 25 heavy (non-hydrogen) atoms. The highest BCUT2D eigenvalue weighted by Gasteiger charge is 2.13. The molecule has 0 bridgehead atoms. The fraction of sp³-hybridized carbons (Fsp3) is 0.278. The second kappa shape index (κ2) is 8.27. The van der Waals surface area contributed by atoms with Gasteiger partial charge in [-0.25, -0.2) is 8.78 Å². The average Bonchev–Trinajstić information content (AvgIpc) is 2.58. The van der Waals surface area contributed by atoms with E-state index in [1.54, 1.807) is 19.1 Å². The Morgan fingerprint density at radius 1 is 1.24 bits per heavy atom. The molecule has 0 aromatic heterocycles. The predicted octanol–water partition coefficient (Wildman–Crippen LogP) is 4.22. The Morgan fingerprint density at radius 3 is 2.60 bits per heavy atom. The molecule has 0 saturated carbocycles. The molecule has 2 N–H and O–H groups in total. The molecule has 1 amide bonds. The number of hydrogen-bond acceptors (Lipinski definition) is 3. The van der Waals surface area contributed by atoms with Crippen molar-refractivity contribution in [3.8, 4) is 5.75 Å². The maximum Gasteiger partial charge on any atom is 0.238 e. The number of ether oxygens (including phenoxy) is 1. The first-order valence-electron chi connectivity index (χ1n) is 7.64. The van der Waals surface area contributed by atoms with Crippen LogP contribution >= 0.6 is 11.6 Å². The summed E-state index contributed by atoms with van der Waals surface area (Å²) in [7, 11) is 1.49. The molecule has 0 fully saturated rings. The Labute approximate surface area is 150 Å². The van der Waals surface area contributed by atoms with Crippen molar-refractivity contribution < 1.29 is 18.3 Å². The zero-order chi connectivity index (χ0) is 18.6. The fourth-order valence-corrected chi connectivity index (χ4v) is 2.42. The van der Waals surface area contributed by atoms with Crippen molar-refractivity contribution in [1.29, 1.82) is 0 Å². The topological polar surface area (TPSA) is 50.4 Å². The van der Waals surface area contributed by atoms with Gasteiger partial charge in [-0.1, -0.05) is 17.7 Å². The first-order chi connectivity index (χ1) is 11.8. The number of anilines is 1. The maximum absolute atomic E-state index is 13.3. The molecule has 0 unspecified atom stereocenters. The zero-order valence-corrected chi connectivity index (χ0v) is 14.9. The van der Waals surface area contributed by atoms with Crippen LogP contribution in [0.15, 0.2) is 30.3 Å². The first-order valence-corrected chi connectivity index (χ1v) is 8.02. The van der Waals surface area contributed by atoms with Crippen LogP contribution in [-0.2, 0) is 4.79 Å². The predicted molar refractivity (Wildman–Crippen MR) is 94.1 cm³/mol. The van der Waals surface area contributed by atoms with E-state index in [9.17, 15) is 13.6 Å². The summed E-state index contributed by atoms with van der Waals surface area (Å²) in [5.41, 5.74) is 1.86. The Morgan fingerprint density at radius 2 is 1.96 bits per heavy atom. The lowest BCUT2D eigenvalue weighted by Crippen LogP contribution is -2.30. The van der Waals surface area contributed by atoms with E-state index in [-0.39, 0.29) is 18.5 Å². The summed E-state index contributed by atoms with van der Waals surface area (Å²) >= 11 is 6.03. The number of aryl methyl sites for hydroxylation is 1. The van der Waals surface area contributed by atoms with Gasteiger partial charge in [-0.2, -0.15) is 0 Å². The highest BCUT2D eigenvalue weighted by molar-refractivity contribution is 6.31. The van der Waals surface area contributed by atoms with Crippen molar-refractivity contribution in [1.82, 2.24) is 5.32 Å². The highest BCUT2D eigenvalue weighted by Crippen LogP contribution is 2.30. The molecule has 1 atom stereocenters. The monoisotopic (exact) mass is 368 g/mol. The second-order valence-corrected chi connectivity index (χ2v) is 6.03. The van der Waals surface area contributed by atoms with E-state index in [2.05, 4.69) is 10.6 Å². The summed E-state index contributed by atoms with van der Waals surface area (Å²) in [6, 6.07) is 6.66. The molecule has 4 nitrogen and oxygen atoms in total. The van der Waals surface area contributed by atoms with Crippen molar-refractivity contribution in [2.75, 3.05) is 19.0 Å². The van der Waals surface area contributed by atoms with Crippen LogP contribution in [0.2, 0.25) is 5.02 Å². The quantitative estimate of drug-likeness (QED) is 0.802. The van der Waals surface area contributed by atoms with Crippen molar-refractivity contribution in [2.45, 2.75) is 19.9 Å². The van der Waals surface area contributed by atoms with Crippen LogP contribution in [0.3, 0.4) is 0 Å². The molecule has 2 aromatic carbocycles. The number of methoxy groups -OCH3 is 1. The number of amides is 1. The van der Waals surface area contributed by atoms with Crippen LogP contribution in [0.1, 0.15) is 24.1 Å². The molecular formula is C18H19ClF2N2O2. The first kappa shape index (κ1) is 19.1. The van der Waals surface area contributed by atoms with Gasteiger partial charge >= 0.3 is 0 Å². The van der Waals surface area contributed by atoms with Crippen LogP contribution in [-0.4, -0.2) is 19.6 Å². The van der Waals surface area contributed by atoms with Gasteiger partial charge in [0.2, 0.25) is 5.91 Å². The van der Waals surface area contributed by atoms with E-state index in [4.69, 9.17) is 16.3 Å². The Kier molecular flexibility index (Phi) is 6.33. The summed E-state index contributed by atoms with van der Waals surface area (Å²) in [6.45, 7) is 3.57. The molecule has 2 rings (SSSR count). The SMILES string of the molecule is COc1cc(Cl)c(C)cc1NC(=O)CN[C@@H](C)c1ccc(F)c(F)c1. The van der Waals surface area contributed by atoms with Crippen molar-refractivity contribution >= 4 is 23.2 Å². The number of carbonyl (C=O) groups excluding carboxylic acids is 1. The third-order valence-corrected chi connectivity index (χ3v) is 4.17. The minimum Gasteiger partial charge on any atom is -0.495 e. The lowest BCUT2D eigenvalue weighted by Gasteiger charge is -2.16. The summed E-state index contributed by atoms with van der Waals surface area (Å²) in [5, 5.41) is 6.24. The Balaban J connectivity index is 1.98. The molecule has 0 saturated heterocycles. The number of nitrogens with one attached hydrogen (secondary N) is 2. The summed E-state index contributed by atoms with van der Waals surface area (Å²) in [6.07, 6.45) is 0. The van der Waals surface area contributed by atoms with E-state index >= 15 is 0 Å². The van der Waals surface area contributed by atoms with Gasteiger partial charge in [-0.3, -0.25) is 4.79 Å². The van der Waals surface area contributed by atoms with Gasteiger partial charge in [-0.05, 0) is 43.2 Å². The molecule has 134 valence electrons. The lowest BCUT2D eigenvalue weighted by molar-refractivity contribution is -0.115. The van der Waals surface area contributed by atoms with E-state index in [1.165, 1.54) is 13.2 Å². The summed E-state index contributed by atoms with van der Waals surface area (Å²) in [5.74, 6) is -1.66. The second-order valence-electron chi connectivity index (χ2n) is 5.63. The third kappa shape index (κ3) is 4.90. The molecule has 0 radical (unpaired) electrons.